The Labute approximate surface area is 126 Å². The molecule has 1 spiro atoms. The summed E-state index contributed by atoms with van der Waals surface area (Å²) in [6.45, 7) is 6.71. The van der Waals surface area contributed by atoms with Crippen LogP contribution in [0.5, 0.6) is 0 Å². The van der Waals surface area contributed by atoms with Gasteiger partial charge in [-0.3, -0.25) is 9.69 Å². The number of amides is 1. The number of rotatable bonds is 3. The summed E-state index contributed by atoms with van der Waals surface area (Å²) in [5.74, 6) is -0.0190. The lowest BCUT2D eigenvalue weighted by atomic mass is 9.80. The Hall–Kier alpha value is -1.39. The highest BCUT2D eigenvalue weighted by atomic mass is 16.5. The number of nitrogens with one attached hydrogen (secondary N) is 1. The molecule has 0 aliphatic carbocycles. The first kappa shape index (κ1) is 14.5. The molecule has 0 saturated carbocycles. The molecular formula is C17H24N2O2. The lowest BCUT2D eigenvalue weighted by Gasteiger charge is -2.33. The lowest BCUT2D eigenvalue weighted by Crippen LogP contribution is -2.32. The average molecular weight is 288 g/mol. The van der Waals surface area contributed by atoms with Crippen LogP contribution in [0.4, 0.5) is 5.69 Å². The Kier molecular flexibility index (Phi) is 4.27. The zero-order chi connectivity index (χ0) is 14.7. The van der Waals surface area contributed by atoms with Crippen LogP contribution < -0.4 is 5.32 Å². The van der Waals surface area contributed by atoms with Crippen LogP contribution in [-0.4, -0.2) is 37.1 Å². The van der Waals surface area contributed by atoms with Crippen LogP contribution in [0, 0.1) is 5.41 Å². The Balaban J connectivity index is 1.61. The number of hydrogen-bond donors (Lipinski definition) is 1. The van der Waals surface area contributed by atoms with Crippen LogP contribution in [0.15, 0.2) is 24.3 Å². The Morgan fingerprint density at radius 2 is 2.14 bits per heavy atom. The Morgan fingerprint density at radius 1 is 1.33 bits per heavy atom. The SMILES string of the molecule is CC(=O)Nc1cccc(CN2CCC3(CCOCC3)C2)c1. The topological polar surface area (TPSA) is 41.6 Å². The molecule has 21 heavy (non-hydrogen) atoms. The van der Waals surface area contributed by atoms with Crippen LogP contribution >= 0.6 is 0 Å². The van der Waals surface area contributed by atoms with Crippen molar-refractivity contribution in [3.63, 3.8) is 0 Å². The quantitative estimate of drug-likeness (QED) is 0.929. The highest BCUT2D eigenvalue weighted by molar-refractivity contribution is 5.88. The minimum atomic E-state index is -0.0190. The number of benzene rings is 1. The first-order valence-electron chi connectivity index (χ1n) is 7.82. The molecule has 2 fully saturated rings. The van der Waals surface area contributed by atoms with Gasteiger partial charge >= 0.3 is 0 Å². The molecule has 0 bridgehead atoms. The second-order valence-electron chi connectivity index (χ2n) is 6.45. The van der Waals surface area contributed by atoms with Gasteiger partial charge in [-0.15, -0.1) is 0 Å². The molecule has 2 heterocycles. The number of carbonyl (C=O) groups excluding carboxylic acids is 1. The van der Waals surface area contributed by atoms with Gasteiger partial charge in [0.2, 0.25) is 5.91 Å². The fraction of sp³-hybridized carbons (Fsp3) is 0.588. The second kappa shape index (κ2) is 6.16. The van der Waals surface area contributed by atoms with Crippen molar-refractivity contribution < 1.29 is 9.53 Å². The molecular weight excluding hydrogens is 264 g/mol. The number of hydrogen-bond acceptors (Lipinski definition) is 3. The average Bonchev–Trinajstić information content (AvgIpc) is 2.82. The van der Waals surface area contributed by atoms with E-state index in [1.165, 1.54) is 37.9 Å². The highest BCUT2D eigenvalue weighted by Crippen LogP contribution is 2.40. The van der Waals surface area contributed by atoms with E-state index in [2.05, 4.69) is 22.3 Å². The maximum absolute atomic E-state index is 11.1. The van der Waals surface area contributed by atoms with Gasteiger partial charge in [-0.1, -0.05) is 12.1 Å². The van der Waals surface area contributed by atoms with E-state index < -0.39 is 0 Å². The molecule has 114 valence electrons. The van der Waals surface area contributed by atoms with E-state index in [-0.39, 0.29) is 5.91 Å². The van der Waals surface area contributed by atoms with E-state index in [9.17, 15) is 4.79 Å². The summed E-state index contributed by atoms with van der Waals surface area (Å²) in [5.41, 5.74) is 2.65. The van der Waals surface area contributed by atoms with Crippen molar-refractivity contribution in [2.24, 2.45) is 5.41 Å². The first-order valence-corrected chi connectivity index (χ1v) is 7.82. The fourth-order valence-corrected chi connectivity index (χ4v) is 3.58. The molecule has 2 aliphatic heterocycles. The van der Waals surface area contributed by atoms with Crippen molar-refractivity contribution in [1.29, 1.82) is 0 Å². The number of carbonyl (C=O) groups is 1. The highest BCUT2D eigenvalue weighted by Gasteiger charge is 2.38. The minimum Gasteiger partial charge on any atom is -0.381 e. The van der Waals surface area contributed by atoms with Gasteiger partial charge in [0.1, 0.15) is 0 Å². The largest absolute Gasteiger partial charge is 0.381 e. The van der Waals surface area contributed by atoms with Crippen LogP contribution in [0.2, 0.25) is 0 Å². The van der Waals surface area contributed by atoms with Crippen LogP contribution in [0.3, 0.4) is 0 Å². The van der Waals surface area contributed by atoms with E-state index >= 15 is 0 Å². The summed E-state index contributed by atoms with van der Waals surface area (Å²) in [6, 6.07) is 8.17. The summed E-state index contributed by atoms with van der Waals surface area (Å²) >= 11 is 0. The predicted octanol–water partition coefficient (Wildman–Crippen LogP) is 2.65. The van der Waals surface area contributed by atoms with E-state index in [0.29, 0.717) is 5.41 Å². The third kappa shape index (κ3) is 3.63. The molecule has 1 aromatic carbocycles. The number of likely N-dealkylation sites (tertiary alicyclic amines) is 1. The molecule has 0 atom stereocenters. The van der Waals surface area contributed by atoms with Gasteiger partial charge in [-0.25, -0.2) is 0 Å². The molecule has 2 aliphatic rings. The van der Waals surface area contributed by atoms with Crippen molar-refractivity contribution in [2.45, 2.75) is 32.7 Å². The third-order valence-electron chi connectivity index (χ3n) is 4.72. The lowest BCUT2D eigenvalue weighted by molar-refractivity contribution is -0.114. The monoisotopic (exact) mass is 288 g/mol. The van der Waals surface area contributed by atoms with Crippen LogP contribution in [0.25, 0.3) is 0 Å². The summed E-state index contributed by atoms with van der Waals surface area (Å²) in [5, 5.41) is 2.85. The molecule has 0 aromatic heterocycles. The van der Waals surface area contributed by atoms with E-state index in [1.54, 1.807) is 6.92 Å². The zero-order valence-electron chi connectivity index (χ0n) is 12.7. The predicted molar refractivity (Wildman–Crippen MR) is 83.1 cm³/mol. The molecule has 1 aromatic rings. The van der Waals surface area contributed by atoms with Crippen molar-refractivity contribution in [2.75, 3.05) is 31.6 Å². The fourth-order valence-electron chi connectivity index (χ4n) is 3.58. The molecule has 0 unspecified atom stereocenters. The second-order valence-corrected chi connectivity index (χ2v) is 6.45. The Morgan fingerprint density at radius 3 is 2.90 bits per heavy atom. The van der Waals surface area contributed by atoms with Crippen molar-refractivity contribution in [3.05, 3.63) is 29.8 Å². The van der Waals surface area contributed by atoms with Gasteiger partial charge in [0.05, 0.1) is 0 Å². The summed E-state index contributed by atoms with van der Waals surface area (Å²) in [6.07, 6.45) is 3.70. The van der Waals surface area contributed by atoms with Crippen LogP contribution in [0.1, 0.15) is 31.7 Å². The van der Waals surface area contributed by atoms with E-state index in [1.807, 2.05) is 12.1 Å². The van der Waals surface area contributed by atoms with Crippen molar-refractivity contribution in [3.8, 4) is 0 Å². The van der Waals surface area contributed by atoms with Gasteiger partial charge in [0.25, 0.3) is 0 Å². The van der Waals surface area contributed by atoms with Gasteiger partial charge in [0.15, 0.2) is 0 Å². The Bertz CT molecular complexity index is 509. The van der Waals surface area contributed by atoms with E-state index in [4.69, 9.17) is 4.74 Å². The smallest absolute Gasteiger partial charge is 0.221 e. The van der Waals surface area contributed by atoms with Crippen molar-refractivity contribution >= 4 is 11.6 Å². The molecule has 0 radical (unpaired) electrons. The third-order valence-corrected chi connectivity index (χ3v) is 4.72. The maximum atomic E-state index is 11.1. The van der Waals surface area contributed by atoms with E-state index in [0.717, 1.165) is 25.4 Å². The standard InChI is InChI=1S/C17H24N2O2/c1-14(20)18-16-4-2-3-15(11-16)12-19-8-5-17(13-19)6-9-21-10-7-17/h2-4,11H,5-10,12-13H2,1H3,(H,18,20). The normalized spacial score (nSPS) is 21.6. The van der Waals surface area contributed by atoms with Gasteiger partial charge in [0, 0.05) is 38.9 Å². The minimum absolute atomic E-state index is 0.0190. The van der Waals surface area contributed by atoms with Gasteiger partial charge in [-0.2, -0.15) is 0 Å². The molecule has 3 rings (SSSR count). The first-order chi connectivity index (χ1) is 10.2. The van der Waals surface area contributed by atoms with Gasteiger partial charge < -0.3 is 10.1 Å². The number of anilines is 1. The zero-order valence-corrected chi connectivity index (χ0v) is 12.7. The molecule has 4 heteroatoms. The molecule has 2 saturated heterocycles. The van der Waals surface area contributed by atoms with Gasteiger partial charge in [-0.05, 0) is 48.9 Å². The summed E-state index contributed by atoms with van der Waals surface area (Å²) < 4.78 is 5.50. The maximum Gasteiger partial charge on any atom is 0.221 e. The van der Waals surface area contributed by atoms with Crippen molar-refractivity contribution in [1.82, 2.24) is 4.90 Å². The van der Waals surface area contributed by atoms with Crippen LogP contribution in [-0.2, 0) is 16.1 Å². The molecule has 1 amide bonds. The summed E-state index contributed by atoms with van der Waals surface area (Å²) in [4.78, 5) is 13.7. The number of ether oxygens (including phenoxy) is 1. The molecule has 4 nitrogen and oxygen atoms in total. The summed E-state index contributed by atoms with van der Waals surface area (Å²) in [7, 11) is 0. The molecule has 1 N–H and O–H groups in total. The number of nitrogens with zero attached hydrogens (tertiary/aromatic N) is 1.